The summed E-state index contributed by atoms with van der Waals surface area (Å²) < 4.78 is 5.87. The molecule has 0 bridgehead atoms. The molecule has 1 atom stereocenters. The number of hydrogen-bond acceptors (Lipinski definition) is 1. The van der Waals surface area contributed by atoms with E-state index in [9.17, 15) is 0 Å². The molecule has 1 unspecified atom stereocenters. The van der Waals surface area contributed by atoms with E-state index in [-0.39, 0.29) is 6.10 Å². The summed E-state index contributed by atoms with van der Waals surface area (Å²) in [5, 5.41) is 0. The summed E-state index contributed by atoms with van der Waals surface area (Å²) in [6, 6.07) is 8.18. The first-order valence-corrected chi connectivity index (χ1v) is 5.77. The van der Waals surface area contributed by atoms with Crippen LogP contribution in [0.15, 0.2) is 30.8 Å². The predicted octanol–water partition coefficient (Wildman–Crippen LogP) is 4.04. The Morgan fingerprint density at radius 3 is 2.80 bits per heavy atom. The van der Waals surface area contributed by atoms with Crippen molar-refractivity contribution in [1.29, 1.82) is 0 Å². The summed E-state index contributed by atoms with van der Waals surface area (Å²) in [5.74, 6) is 1.00. The summed E-state index contributed by atoms with van der Waals surface area (Å²) in [5.41, 5.74) is 2.35. The molecule has 0 N–H and O–H groups in total. The maximum atomic E-state index is 5.87. The zero-order valence-electron chi connectivity index (χ0n) is 9.33. The predicted molar refractivity (Wildman–Crippen MR) is 64.0 cm³/mol. The van der Waals surface area contributed by atoms with Gasteiger partial charge in [-0.25, -0.2) is 0 Å². The maximum Gasteiger partial charge on any atom is 0.127 e. The lowest BCUT2D eigenvalue weighted by molar-refractivity contribution is 0.260. The van der Waals surface area contributed by atoms with E-state index in [0.29, 0.717) is 0 Å². The van der Waals surface area contributed by atoms with Gasteiger partial charge in [0, 0.05) is 5.56 Å². The van der Waals surface area contributed by atoms with Gasteiger partial charge in [0.1, 0.15) is 11.9 Å². The molecule has 0 saturated heterocycles. The minimum atomic E-state index is 0.217. The van der Waals surface area contributed by atoms with E-state index in [1.54, 1.807) is 0 Å². The molecule has 80 valence electrons. The van der Waals surface area contributed by atoms with Crippen LogP contribution in [0.1, 0.15) is 38.2 Å². The van der Waals surface area contributed by atoms with Crippen LogP contribution >= 0.6 is 0 Å². The summed E-state index contributed by atoms with van der Waals surface area (Å²) in [6.07, 6.45) is 5.08. The number of fused-ring (bicyclic) bond motifs is 1. The summed E-state index contributed by atoms with van der Waals surface area (Å²) in [4.78, 5) is 0. The van der Waals surface area contributed by atoms with Crippen LogP contribution < -0.4 is 4.74 Å². The van der Waals surface area contributed by atoms with Gasteiger partial charge in [0.05, 0.1) is 0 Å². The van der Waals surface area contributed by atoms with Crippen molar-refractivity contribution in [3.05, 3.63) is 36.4 Å². The van der Waals surface area contributed by atoms with Crippen molar-refractivity contribution in [2.75, 3.05) is 0 Å². The Kier molecular flexibility index (Phi) is 3.10. The average Bonchev–Trinajstić information content (AvgIpc) is 2.57. The highest BCUT2D eigenvalue weighted by Crippen LogP contribution is 2.37. The summed E-state index contributed by atoms with van der Waals surface area (Å²) in [7, 11) is 0. The molecule has 0 radical (unpaired) electrons. The minimum Gasteiger partial charge on any atom is -0.485 e. The van der Waals surface area contributed by atoms with Gasteiger partial charge in [-0.3, -0.25) is 0 Å². The van der Waals surface area contributed by atoms with Gasteiger partial charge in [-0.05, 0) is 24.5 Å². The standard InChI is InChI=1S/C14H18O/c1-3-4-5-9-13-11(2)12-8-6-7-10-14(12)15-13/h6-8,10,13H,2-5,9H2,1H3. The molecule has 15 heavy (non-hydrogen) atoms. The molecule has 0 aliphatic carbocycles. The van der Waals surface area contributed by atoms with Gasteiger partial charge in [-0.1, -0.05) is 44.5 Å². The monoisotopic (exact) mass is 202 g/mol. The zero-order valence-corrected chi connectivity index (χ0v) is 9.33. The lowest BCUT2D eigenvalue weighted by Crippen LogP contribution is -2.10. The first-order valence-electron chi connectivity index (χ1n) is 5.77. The lowest BCUT2D eigenvalue weighted by Gasteiger charge is -2.10. The fraction of sp³-hybridized carbons (Fsp3) is 0.429. The third-order valence-corrected chi connectivity index (χ3v) is 2.96. The quantitative estimate of drug-likeness (QED) is 0.669. The molecule has 0 spiro atoms. The van der Waals surface area contributed by atoms with Crippen LogP contribution in [-0.4, -0.2) is 6.10 Å². The van der Waals surface area contributed by atoms with Gasteiger partial charge in [0.25, 0.3) is 0 Å². The van der Waals surface area contributed by atoms with Crippen molar-refractivity contribution < 1.29 is 4.74 Å². The van der Waals surface area contributed by atoms with Crippen LogP contribution in [0, 0.1) is 0 Å². The SMILES string of the molecule is C=C1c2ccccc2OC1CCCCC. The second kappa shape index (κ2) is 4.52. The van der Waals surface area contributed by atoms with Gasteiger partial charge >= 0.3 is 0 Å². The fourth-order valence-corrected chi connectivity index (χ4v) is 2.05. The van der Waals surface area contributed by atoms with Crippen LogP contribution in [0.4, 0.5) is 0 Å². The number of unbranched alkanes of at least 4 members (excludes halogenated alkanes) is 2. The van der Waals surface area contributed by atoms with E-state index < -0.39 is 0 Å². The molecule has 1 aliphatic rings. The molecule has 0 fully saturated rings. The highest BCUT2D eigenvalue weighted by molar-refractivity contribution is 5.75. The van der Waals surface area contributed by atoms with Gasteiger partial charge in [0.2, 0.25) is 0 Å². The van der Waals surface area contributed by atoms with Crippen LogP contribution in [0.2, 0.25) is 0 Å². The summed E-state index contributed by atoms with van der Waals surface area (Å²) in [6.45, 7) is 6.35. The summed E-state index contributed by atoms with van der Waals surface area (Å²) >= 11 is 0. The average molecular weight is 202 g/mol. The van der Waals surface area contributed by atoms with Gasteiger partial charge in [-0.15, -0.1) is 0 Å². The number of benzene rings is 1. The Balaban J connectivity index is 2.01. The first-order chi connectivity index (χ1) is 7.33. The molecular weight excluding hydrogens is 184 g/mol. The molecule has 1 heterocycles. The molecule has 1 aliphatic heterocycles. The molecular formula is C14H18O. The van der Waals surface area contributed by atoms with Crippen molar-refractivity contribution >= 4 is 5.57 Å². The number of hydrogen-bond donors (Lipinski definition) is 0. The van der Waals surface area contributed by atoms with Crippen LogP contribution in [0.3, 0.4) is 0 Å². The third-order valence-electron chi connectivity index (χ3n) is 2.96. The second-order valence-corrected chi connectivity index (χ2v) is 4.12. The molecule has 1 nitrogen and oxygen atoms in total. The van der Waals surface area contributed by atoms with Crippen LogP contribution in [0.25, 0.3) is 5.57 Å². The number of ether oxygens (including phenoxy) is 1. The molecule has 1 aromatic carbocycles. The smallest absolute Gasteiger partial charge is 0.127 e. The third kappa shape index (κ3) is 2.06. The van der Waals surface area contributed by atoms with E-state index in [0.717, 1.165) is 17.7 Å². The number of para-hydroxylation sites is 1. The number of rotatable bonds is 4. The van der Waals surface area contributed by atoms with Crippen LogP contribution in [-0.2, 0) is 0 Å². The van der Waals surface area contributed by atoms with Crippen molar-refractivity contribution in [2.45, 2.75) is 38.7 Å². The van der Waals surface area contributed by atoms with Crippen molar-refractivity contribution in [3.63, 3.8) is 0 Å². The van der Waals surface area contributed by atoms with E-state index in [1.807, 2.05) is 18.2 Å². The molecule has 0 aromatic heterocycles. The maximum absolute atomic E-state index is 5.87. The Morgan fingerprint density at radius 2 is 2.07 bits per heavy atom. The van der Waals surface area contributed by atoms with E-state index in [4.69, 9.17) is 4.74 Å². The van der Waals surface area contributed by atoms with Gasteiger partial charge in [-0.2, -0.15) is 0 Å². The van der Waals surface area contributed by atoms with Gasteiger partial charge in [0.15, 0.2) is 0 Å². The highest BCUT2D eigenvalue weighted by Gasteiger charge is 2.25. The second-order valence-electron chi connectivity index (χ2n) is 4.12. The fourth-order valence-electron chi connectivity index (χ4n) is 2.05. The Morgan fingerprint density at radius 1 is 1.27 bits per heavy atom. The van der Waals surface area contributed by atoms with Crippen molar-refractivity contribution in [3.8, 4) is 5.75 Å². The molecule has 1 aromatic rings. The largest absolute Gasteiger partial charge is 0.485 e. The van der Waals surface area contributed by atoms with Crippen molar-refractivity contribution in [1.82, 2.24) is 0 Å². The Hall–Kier alpha value is -1.24. The molecule has 0 saturated carbocycles. The van der Waals surface area contributed by atoms with E-state index in [1.165, 1.54) is 24.8 Å². The lowest BCUT2D eigenvalue weighted by atomic mass is 10.0. The van der Waals surface area contributed by atoms with E-state index >= 15 is 0 Å². The zero-order chi connectivity index (χ0) is 10.7. The van der Waals surface area contributed by atoms with E-state index in [2.05, 4.69) is 19.6 Å². The minimum absolute atomic E-state index is 0.217. The van der Waals surface area contributed by atoms with Gasteiger partial charge < -0.3 is 4.74 Å². The normalized spacial score (nSPS) is 18.7. The van der Waals surface area contributed by atoms with Crippen LogP contribution in [0.5, 0.6) is 5.75 Å². The molecule has 1 heteroatoms. The molecule has 0 amide bonds. The highest BCUT2D eigenvalue weighted by atomic mass is 16.5. The first kappa shape index (κ1) is 10.3. The Labute approximate surface area is 91.8 Å². The molecule has 2 rings (SSSR count). The van der Waals surface area contributed by atoms with Crippen molar-refractivity contribution in [2.24, 2.45) is 0 Å². The topological polar surface area (TPSA) is 9.23 Å². The Bertz CT molecular complexity index is 354.